The summed E-state index contributed by atoms with van der Waals surface area (Å²) in [6.07, 6.45) is 4.15. The molecular weight excluding hydrogens is 330 g/mol. The third-order valence-corrected chi connectivity index (χ3v) is 5.77. The zero-order valence-corrected chi connectivity index (χ0v) is 14.5. The first-order chi connectivity index (χ1) is 11.5. The summed E-state index contributed by atoms with van der Waals surface area (Å²) in [7, 11) is -2.09. The van der Waals surface area contributed by atoms with Crippen molar-refractivity contribution in [2.24, 2.45) is 0 Å². The van der Waals surface area contributed by atoms with Crippen LogP contribution in [0, 0.1) is 0 Å². The Morgan fingerprint density at radius 2 is 2.12 bits per heavy atom. The highest BCUT2D eigenvalue weighted by Crippen LogP contribution is 2.29. The molecule has 2 aliphatic rings. The number of nitrogens with one attached hydrogen (secondary N) is 3. The molecule has 1 unspecified atom stereocenters. The van der Waals surface area contributed by atoms with Crippen molar-refractivity contribution in [3.05, 3.63) is 18.2 Å². The Balaban J connectivity index is 1.74. The molecule has 1 aromatic rings. The number of ether oxygens (including phenoxy) is 1. The predicted octanol–water partition coefficient (Wildman–Crippen LogP) is 1.22. The lowest BCUT2D eigenvalue weighted by atomic mass is 10.1. The molecule has 0 bridgehead atoms. The molecule has 3 N–H and O–H groups in total. The van der Waals surface area contributed by atoms with Gasteiger partial charge < -0.3 is 15.4 Å². The van der Waals surface area contributed by atoms with E-state index in [4.69, 9.17) is 4.74 Å². The first-order valence-electron chi connectivity index (χ1n) is 8.21. The van der Waals surface area contributed by atoms with E-state index in [0.29, 0.717) is 17.9 Å². The van der Waals surface area contributed by atoms with Gasteiger partial charge >= 0.3 is 0 Å². The van der Waals surface area contributed by atoms with Crippen LogP contribution < -0.4 is 20.1 Å². The van der Waals surface area contributed by atoms with E-state index in [1.807, 2.05) is 0 Å². The van der Waals surface area contributed by atoms with Crippen molar-refractivity contribution in [3.8, 4) is 5.75 Å². The number of hydrogen-bond acceptors (Lipinski definition) is 5. The minimum absolute atomic E-state index is 0.0311. The summed E-state index contributed by atoms with van der Waals surface area (Å²) in [4.78, 5) is 12.3. The number of rotatable bonds is 7. The fourth-order valence-corrected chi connectivity index (χ4v) is 4.13. The third-order valence-electron chi connectivity index (χ3n) is 4.25. The van der Waals surface area contributed by atoms with Gasteiger partial charge in [-0.2, -0.15) is 0 Å². The molecule has 1 heterocycles. The number of methoxy groups -OCH3 is 1. The van der Waals surface area contributed by atoms with Gasteiger partial charge in [0.15, 0.2) is 0 Å². The van der Waals surface area contributed by atoms with Crippen molar-refractivity contribution in [2.75, 3.05) is 19.0 Å². The van der Waals surface area contributed by atoms with Gasteiger partial charge in [0.2, 0.25) is 15.9 Å². The molecule has 1 atom stereocenters. The second kappa shape index (κ2) is 7.08. The topological polar surface area (TPSA) is 96.5 Å². The molecule has 1 aliphatic heterocycles. The van der Waals surface area contributed by atoms with Gasteiger partial charge in [-0.1, -0.05) is 0 Å². The summed E-state index contributed by atoms with van der Waals surface area (Å²) in [5, 5.41) is 6.04. The van der Waals surface area contributed by atoms with Crippen molar-refractivity contribution >= 4 is 21.6 Å². The van der Waals surface area contributed by atoms with Crippen LogP contribution in [0.2, 0.25) is 0 Å². The van der Waals surface area contributed by atoms with Crippen LogP contribution in [-0.2, 0) is 14.8 Å². The molecule has 1 aromatic carbocycles. The molecule has 1 saturated heterocycles. The molecule has 24 heavy (non-hydrogen) atoms. The van der Waals surface area contributed by atoms with Crippen LogP contribution in [-0.4, -0.2) is 40.1 Å². The lowest BCUT2D eigenvalue weighted by Gasteiger charge is -2.14. The van der Waals surface area contributed by atoms with Crippen molar-refractivity contribution in [3.63, 3.8) is 0 Å². The fraction of sp³-hybridized carbons (Fsp3) is 0.562. The van der Waals surface area contributed by atoms with Gasteiger partial charge in [-0.25, -0.2) is 13.1 Å². The zero-order chi connectivity index (χ0) is 17.2. The number of sulfonamides is 1. The van der Waals surface area contributed by atoms with Crippen LogP contribution in [0.25, 0.3) is 0 Å². The number of hydrogen-bond donors (Lipinski definition) is 3. The SMILES string of the molecule is COc1ccc(S(=O)(=O)NC2CC2)cc1NC(=O)CC1CCCN1. The van der Waals surface area contributed by atoms with E-state index in [0.717, 1.165) is 32.2 Å². The molecule has 132 valence electrons. The number of amides is 1. The molecule has 2 fully saturated rings. The van der Waals surface area contributed by atoms with Crippen LogP contribution in [0.1, 0.15) is 32.1 Å². The summed E-state index contributed by atoms with van der Waals surface area (Å²) in [6.45, 7) is 0.932. The van der Waals surface area contributed by atoms with Crippen molar-refractivity contribution < 1.29 is 17.9 Å². The van der Waals surface area contributed by atoms with Gasteiger partial charge in [0, 0.05) is 18.5 Å². The molecule has 0 aromatic heterocycles. The van der Waals surface area contributed by atoms with Gasteiger partial charge in [-0.3, -0.25) is 4.79 Å². The number of carbonyl (C=O) groups is 1. The third kappa shape index (κ3) is 4.25. The van der Waals surface area contributed by atoms with E-state index in [-0.39, 0.29) is 22.9 Å². The van der Waals surface area contributed by atoms with E-state index >= 15 is 0 Å². The predicted molar refractivity (Wildman–Crippen MR) is 90.6 cm³/mol. The lowest BCUT2D eigenvalue weighted by Crippen LogP contribution is -2.28. The fourth-order valence-electron chi connectivity index (χ4n) is 2.80. The van der Waals surface area contributed by atoms with E-state index in [1.54, 1.807) is 6.07 Å². The Bertz CT molecular complexity index is 710. The van der Waals surface area contributed by atoms with Crippen molar-refractivity contribution in [1.29, 1.82) is 0 Å². The number of carbonyl (C=O) groups excluding carboxylic acids is 1. The molecule has 0 radical (unpaired) electrons. The summed E-state index contributed by atoms with van der Waals surface area (Å²) in [6, 6.07) is 4.70. The quantitative estimate of drug-likeness (QED) is 0.685. The van der Waals surface area contributed by atoms with Gasteiger partial charge in [-0.05, 0) is 50.4 Å². The first kappa shape index (κ1) is 17.2. The highest BCUT2D eigenvalue weighted by Gasteiger charge is 2.28. The second-order valence-corrected chi connectivity index (χ2v) is 8.02. The summed E-state index contributed by atoms with van der Waals surface area (Å²) < 4.78 is 32.5. The van der Waals surface area contributed by atoms with Crippen molar-refractivity contribution in [1.82, 2.24) is 10.0 Å². The van der Waals surface area contributed by atoms with Crippen LogP contribution >= 0.6 is 0 Å². The van der Waals surface area contributed by atoms with Gasteiger partial charge in [0.1, 0.15) is 5.75 Å². The number of anilines is 1. The Labute approximate surface area is 142 Å². The van der Waals surface area contributed by atoms with E-state index in [9.17, 15) is 13.2 Å². The highest BCUT2D eigenvalue weighted by atomic mass is 32.2. The maximum Gasteiger partial charge on any atom is 0.240 e. The summed E-state index contributed by atoms with van der Waals surface area (Å²) in [5.41, 5.74) is 0.374. The highest BCUT2D eigenvalue weighted by molar-refractivity contribution is 7.89. The summed E-state index contributed by atoms with van der Waals surface area (Å²) >= 11 is 0. The van der Waals surface area contributed by atoms with Crippen LogP contribution in [0.15, 0.2) is 23.1 Å². The Morgan fingerprint density at radius 3 is 2.75 bits per heavy atom. The Hall–Kier alpha value is -1.64. The maximum absolute atomic E-state index is 12.3. The summed E-state index contributed by atoms with van der Waals surface area (Å²) in [5.74, 6) is 0.283. The van der Waals surface area contributed by atoms with Crippen molar-refractivity contribution in [2.45, 2.75) is 49.1 Å². The Morgan fingerprint density at radius 1 is 1.33 bits per heavy atom. The van der Waals surface area contributed by atoms with E-state index in [2.05, 4.69) is 15.4 Å². The minimum atomic E-state index is -3.57. The van der Waals surface area contributed by atoms with E-state index < -0.39 is 10.0 Å². The molecule has 8 heteroatoms. The van der Waals surface area contributed by atoms with Crippen LogP contribution in [0.5, 0.6) is 5.75 Å². The van der Waals surface area contributed by atoms with Crippen LogP contribution in [0.4, 0.5) is 5.69 Å². The van der Waals surface area contributed by atoms with Gasteiger partial charge in [0.05, 0.1) is 17.7 Å². The minimum Gasteiger partial charge on any atom is -0.495 e. The second-order valence-electron chi connectivity index (χ2n) is 6.30. The average molecular weight is 353 g/mol. The monoisotopic (exact) mass is 353 g/mol. The molecule has 3 rings (SSSR count). The largest absolute Gasteiger partial charge is 0.495 e. The standard InChI is InChI=1S/C16H23N3O4S/c1-23-15-7-6-13(24(21,22)19-11-4-5-11)10-14(15)18-16(20)9-12-3-2-8-17-12/h6-7,10-12,17,19H,2-5,8-9H2,1H3,(H,18,20). The Kier molecular flexibility index (Phi) is 5.07. The smallest absolute Gasteiger partial charge is 0.240 e. The average Bonchev–Trinajstić information content (AvgIpc) is 3.19. The molecule has 1 aliphatic carbocycles. The molecule has 1 saturated carbocycles. The zero-order valence-electron chi connectivity index (χ0n) is 13.7. The molecule has 0 spiro atoms. The number of benzene rings is 1. The molecular formula is C16H23N3O4S. The lowest BCUT2D eigenvalue weighted by molar-refractivity contribution is -0.116. The van der Waals surface area contributed by atoms with Gasteiger partial charge in [-0.15, -0.1) is 0 Å². The van der Waals surface area contributed by atoms with E-state index in [1.165, 1.54) is 19.2 Å². The molecule has 1 amide bonds. The van der Waals surface area contributed by atoms with Gasteiger partial charge in [0.25, 0.3) is 0 Å². The maximum atomic E-state index is 12.3. The first-order valence-corrected chi connectivity index (χ1v) is 9.70. The molecule has 7 nitrogen and oxygen atoms in total. The van der Waals surface area contributed by atoms with Crippen LogP contribution in [0.3, 0.4) is 0 Å². The normalized spacial score (nSPS) is 20.8.